The number of aryl methyl sites for hydroxylation is 3. The van der Waals surface area contributed by atoms with Gasteiger partial charge >= 0.3 is 0 Å². The maximum atomic E-state index is 12.8. The number of anilines is 1. The van der Waals surface area contributed by atoms with Gasteiger partial charge in [0.15, 0.2) is 11.1 Å². The Labute approximate surface area is 169 Å². The molecule has 0 aliphatic rings. The van der Waals surface area contributed by atoms with E-state index in [2.05, 4.69) is 10.3 Å². The number of fused-ring (bicyclic) bond motifs is 1. The average molecular weight is 426 g/mol. The molecule has 1 aromatic carbocycles. The normalized spacial score (nSPS) is 12.2. The Balaban J connectivity index is 1.87. The van der Waals surface area contributed by atoms with Crippen LogP contribution in [0.4, 0.5) is 5.69 Å². The van der Waals surface area contributed by atoms with Crippen LogP contribution in [0.25, 0.3) is 4.96 Å². The zero-order chi connectivity index (χ0) is 19.9. The minimum atomic E-state index is -0.881. The molecule has 3 rings (SSSR count). The monoisotopic (exact) mass is 425 g/mol. The van der Waals surface area contributed by atoms with E-state index in [9.17, 15) is 9.59 Å². The highest BCUT2D eigenvalue weighted by Crippen LogP contribution is 2.28. The number of aromatic nitrogens is 2. The molecule has 1 N–H and O–H groups in total. The van der Waals surface area contributed by atoms with Crippen molar-refractivity contribution in [1.29, 1.82) is 0 Å². The summed E-state index contributed by atoms with van der Waals surface area (Å²) >= 11 is 13.4. The Kier molecular flexibility index (Phi) is 5.46. The number of carbonyl (C=O) groups is 1. The molecule has 6 nitrogen and oxygen atoms in total. The number of benzene rings is 1. The zero-order valence-electron chi connectivity index (χ0n) is 15.1. The third kappa shape index (κ3) is 3.81. The summed E-state index contributed by atoms with van der Waals surface area (Å²) in [5, 5.41) is 3.40. The van der Waals surface area contributed by atoms with Crippen molar-refractivity contribution in [1.82, 2.24) is 9.38 Å². The van der Waals surface area contributed by atoms with Crippen molar-refractivity contribution in [2.75, 3.05) is 5.32 Å². The van der Waals surface area contributed by atoms with Gasteiger partial charge in [0.05, 0.1) is 10.7 Å². The van der Waals surface area contributed by atoms with Crippen molar-refractivity contribution >= 4 is 51.1 Å². The fourth-order valence-corrected chi connectivity index (χ4v) is 3.98. The Morgan fingerprint density at radius 2 is 2.00 bits per heavy atom. The summed E-state index contributed by atoms with van der Waals surface area (Å²) in [6, 6.07) is 4.72. The van der Waals surface area contributed by atoms with Gasteiger partial charge in [0, 0.05) is 15.6 Å². The number of hydrogen-bond donors (Lipinski definition) is 1. The van der Waals surface area contributed by atoms with E-state index < -0.39 is 12.0 Å². The number of hydrogen-bond acceptors (Lipinski definition) is 5. The van der Waals surface area contributed by atoms with E-state index in [0.29, 0.717) is 26.4 Å². The van der Waals surface area contributed by atoms with Crippen LogP contribution in [0.5, 0.6) is 5.75 Å². The Morgan fingerprint density at radius 3 is 2.67 bits per heavy atom. The lowest BCUT2D eigenvalue weighted by Crippen LogP contribution is -2.33. The number of nitrogens with one attached hydrogen (secondary N) is 1. The first-order valence-corrected chi connectivity index (χ1v) is 9.68. The van der Waals surface area contributed by atoms with Crippen LogP contribution in [-0.2, 0) is 4.79 Å². The van der Waals surface area contributed by atoms with Crippen LogP contribution in [0.3, 0.4) is 0 Å². The lowest BCUT2D eigenvalue weighted by Gasteiger charge is -2.16. The van der Waals surface area contributed by atoms with E-state index in [4.69, 9.17) is 27.9 Å². The largest absolute Gasteiger partial charge is 0.479 e. The van der Waals surface area contributed by atoms with Crippen LogP contribution >= 0.6 is 34.5 Å². The third-order valence-corrected chi connectivity index (χ3v) is 5.73. The Bertz CT molecular complexity index is 1110. The molecule has 142 valence electrons. The van der Waals surface area contributed by atoms with Crippen LogP contribution in [0.15, 0.2) is 23.0 Å². The summed E-state index contributed by atoms with van der Waals surface area (Å²) in [5.41, 5.74) is 1.08. The smallest absolute Gasteiger partial charge is 0.282 e. The van der Waals surface area contributed by atoms with E-state index in [0.717, 1.165) is 10.6 Å². The minimum Gasteiger partial charge on any atom is -0.479 e. The van der Waals surface area contributed by atoms with Gasteiger partial charge in [-0.1, -0.05) is 23.2 Å². The molecule has 0 saturated heterocycles. The standard InChI is InChI=1S/C18H17Cl2N3O3S/c1-8-15(17(25)23-9(2)11(4)27-18(23)21-8)22-16(24)10(3)26-14-6-5-12(19)7-13(14)20/h5-7,10H,1-4H3,(H,22,24)/t10-/m0/s1. The number of thiazole rings is 1. The molecule has 9 heteroatoms. The lowest BCUT2D eigenvalue weighted by molar-refractivity contribution is -0.122. The van der Waals surface area contributed by atoms with Gasteiger partial charge in [-0.05, 0) is 45.9 Å². The SMILES string of the molecule is Cc1nc2sc(C)c(C)n2c(=O)c1NC(=O)[C@H](C)Oc1ccc(Cl)cc1Cl. The molecule has 0 aliphatic heterocycles. The maximum Gasteiger partial charge on any atom is 0.282 e. The first-order chi connectivity index (χ1) is 12.7. The van der Waals surface area contributed by atoms with E-state index in [1.165, 1.54) is 21.8 Å². The maximum absolute atomic E-state index is 12.8. The second-order valence-corrected chi connectivity index (χ2v) is 8.09. The predicted molar refractivity (Wildman–Crippen MR) is 109 cm³/mol. The van der Waals surface area contributed by atoms with Gasteiger partial charge in [0.1, 0.15) is 11.4 Å². The molecule has 0 radical (unpaired) electrons. The number of halogens is 2. The van der Waals surface area contributed by atoms with Gasteiger partial charge in [0.2, 0.25) is 0 Å². The third-order valence-electron chi connectivity index (χ3n) is 4.14. The first kappa shape index (κ1) is 19.7. The number of ether oxygens (including phenoxy) is 1. The molecule has 0 aliphatic carbocycles. The van der Waals surface area contributed by atoms with E-state index in [1.54, 1.807) is 26.0 Å². The van der Waals surface area contributed by atoms with Gasteiger partial charge in [-0.15, -0.1) is 11.3 Å². The summed E-state index contributed by atoms with van der Waals surface area (Å²) in [6.45, 7) is 7.02. The summed E-state index contributed by atoms with van der Waals surface area (Å²) in [7, 11) is 0. The molecule has 0 unspecified atom stereocenters. The number of nitrogens with zero attached hydrogens (tertiary/aromatic N) is 2. The van der Waals surface area contributed by atoms with Crippen LogP contribution in [0, 0.1) is 20.8 Å². The van der Waals surface area contributed by atoms with Crippen molar-refractivity contribution in [3.05, 3.63) is 54.9 Å². The molecular formula is C18H17Cl2N3O3S. The van der Waals surface area contributed by atoms with Gasteiger partial charge < -0.3 is 10.1 Å². The molecule has 3 aromatic rings. The summed E-state index contributed by atoms with van der Waals surface area (Å²) in [6.07, 6.45) is -0.881. The van der Waals surface area contributed by atoms with E-state index >= 15 is 0 Å². The molecular weight excluding hydrogens is 409 g/mol. The zero-order valence-corrected chi connectivity index (χ0v) is 17.4. The van der Waals surface area contributed by atoms with Crippen molar-refractivity contribution in [3.8, 4) is 5.75 Å². The summed E-state index contributed by atoms with van der Waals surface area (Å²) < 4.78 is 7.10. The van der Waals surface area contributed by atoms with Crippen molar-refractivity contribution in [3.63, 3.8) is 0 Å². The van der Waals surface area contributed by atoms with Crippen molar-refractivity contribution in [2.24, 2.45) is 0 Å². The molecule has 0 saturated carbocycles. The quantitative estimate of drug-likeness (QED) is 0.672. The molecule has 0 bridgehead atoms. The lowest BCUT2D eigenvalue weighted by atomic mass is 10.3. The second kappa shape index (κ2) is 7.50. The summed E-state index contributed by atoms with van der Waals surface area (Å²) in [5.74, 6) is -0.150. The number of carbonyl (C=O) groups excluding carboxylic acids is 1. The topological polar surface area (TPSA) is 72.7 Å². The van der Waals surface area contributed by atoms with Gasteiger partial charge in [-0.25, -0.2) is 4.98 Å². The molecule has 2 aromatic heterocycles. The predicted octanol–water partition coefficient (Wildman–Crippen LogP) is 4.39. The molecule has 1 atom stereocenters. The van der Waals surface area contributed by atoms with Crippen LogP contribution in [-0.4, -0.2) is 21.4 Å². The van der Waals surface area contributed by atoms with Gasteiger partial charge in [-0.2, -0.15) is 0 Å². The average Bonchev–Trinajstić information content (AvgIpc) is 2.87. The fraction of sp³-hybridized carbons (Fsp3) is 0.278. The Hall–Kier alpha value is -2.09. The second-order valence-electron chi connectivity index (χ2n) is 6.06. The highest BCUT2D eigenvalue weighted by atomic mass is 35.5. The van der Waals surface area contributed by atoms with Crippen LogP contribution < -0.4 is 15.6 Å². The molecule has 0 spiro atoms. The highest BCUT2D eigenvalue weighted by Gasteiger charge is 2.21. The Morgan fingerprint density at radius 1 is 1.30 bits per heavy atom. The van der Waals surface area contributed by atoms with Gasteiger partial charge in [0.25, 0.3) is 11.5 Å². The van der Waals surface area contributed by atoms with Crippen molar-refractivity contribution < 1.29 is 9.53 Å². The molecule has 27 heavy (non-hydrogen) atoms. The van der Waals surface area contributed by atoms with Gasteiger partial charge in [-0.3, -0.25) is 14.0 Å². The van der Waals surface area contributed by atoms with Crippen molar-refractivity contribution in [2.45, 2.75) is 33.8 Å². The van der Waals surface area contributed by atoms with Crippen LogP contribution in [0.1, 0.15) is 23.2 Å². The number of amides is 1. The minimum absolute atomic E-state index is 0.135. The fourth-order valence-electron chi connectivity index (χ4n) is 2.52. The highest BCUT2D eigenvalue weighted by molar-refractivity contribution is 7.17. The molecule has 0 fully saturated rings. The molecule has 2 heterocycles. The van der Waals surface area contributed by atoms with Crippen LogP contribution in [0.2, 0.25) is 10.0 Å². The summed E-state index contributed by atoms with van der Waals surface area (Å²) in [4.78, 5) is 31.4. The number of rotatable bonds is 4. The molecule has 1 amide bonds. The first-order valence-electron chi connectivity index (χ1n) is 8.11. The van der Waals surface area contributed by atoms with E-state index in [1.807, 2.05) is 13.8 Å². The van der Waals surface area contributed by atoms with E-state index in [-0.39, 0.29) is 11.2 Å².